The maximum atomic E-state index is 12.0. The van der Waals surface area contributed by atoms with Crippen LogP contribution in [0.15, 0.2) is 23.1 Å². The van der Waals surface area contributed by atoms with Crippen molar-refractivity contribution >= 4 is 5.91 Å². The quantitative estimate of drug-likeness (QED) is 0.827. The molecule has 1 aromatic heterocycles. The van der Waals surface area contributed by atoms with Gasteiger partial charge in [0, 0.05) is 32.4 Å². The minimum atomic E-state index is -0.374. The number of carbonyl (C=O) groups excluding carboxylic acids is 1. The van der Waals surface area contributed by atoms with E-state index in [1.807, 2.05) is 0 Å². The monoisotopic (exact) mass is 293 g/mol. The van der Waals surface area contributed by atoms with Crippen molar-refractivity contribution in [3.8, 4) is 0 Å². The summed E-state index contributed by atoms with van der Waals surface area (Å²) in [5.41, 5.74) is -0.242. The molecule has 1 aromatic rings. The maximum Gasteiger partial charge on any atom is 0.260 e. The van der Waals surface area contributed by atoms with Gasteiger partial charge in [-0.2, -0.15) is 0 Å². The van der Waals surface area contributed by atoms with Gasteiger partial charge in [-0.3, -0.25) is 14.5 Å². The number of pyridine rings is 1. The molecular formula is C15H23N3O3. The number of ether oxygens (including phenoxy) is 1. The molecule has 1 aliphatic heterocycles. The van der Waals surface area contributed by atoms with Crippen LogP contribution in [-0.2, 0) is 4.74 Å². The van der Waals surface area contributed by atoms with Crippen LogP contribution in [0, 0.1) is 5.92 Å². The first-order chi connectivity index (χ1) is 10.1. The summed E-state index contributed by atoms with van der Waals surface area (Å²) < 4.78 is 5.66. The van der Waals surface area contributed by atoms with E-state index in [-0.39, 0.29) is 23.1 Å². The Hall–Kier alpha value is -1.66. The van der Waals surface area contributed by atoms with E-state index in [1.54, 1.807) is 6.07 Å². The zero-order valence-corrected chi connectivity index (χ0v) is 12.6. The van der Waals surface area contributed by atoms with Crippen molar-refractivity contribution in [2.45, 2.75) is 20.0 Å². The van der Waals surface area contributed by atoms with Crippen molar-refractivity contribution < 1.29 is 9.53 Å². The summed E-state index contributed by atoms with van der Waals surface area (Å²) in [6, 6.07) is 3.15. The lowest BCUT2D eigenvalue weighted by Gasteiger charge is -2.33. The Bertz CT molecular complexity index is 527. The second-order valence-corrected chi connectivity index (χ2v) is 5.77. The van der Waals surface area contributed by atoms with E-state index in [1.165, 1.54) is 12.3 Å². The van der Waals surface area contributed by atoms with Gasteiger partial charge in [0.1, 0.15) is 5.56 Å². The highest BCUT2D eigenvalue weighted by molar-refractivity contribution is 5.93. The van der Waals surface area contributed by atoms with Crippen molar-refractivity contribution in [1.29, 1.82) is 0 Å². The van der Waals surface area contributed by atoms with Crippen LogP contribution in [0.4, 0.5) is 0 Å². The third-order valence-electron chi connectivity index (χ3n) is 3.40. The fourth-order valence-electron chi connectivity index (χ4n) is 2.49. The Labute approximate surface area is 124 Å². The van der Waals surface area contributed by atoms with E-state index >= 15 is 0 Å². The lowest BCUT2D eigenvalue weighted by molar-refractivity contribution is -0.0295. The van der Waals surface area contributed by atoms with Gasteiger partial charge in [-0.15, -0.1) is 0 Å². The summed E-state index contributed by atoms with van der Waals surface area (Å²) in [5.74, 6) is 0.252. The second-order valence-electron chi connectivity index (χ2n) is 5.77. The summed E-state index contributed by atoms with van der Waals surface area (Å²) in [6.45, 7) is 8.25. The molecule has 0 aliphatic carbocycles. The Morgan fingerprint density at radius 1 is 1.57 bits per heavy atom. The van der Waals surface area contributed by atoms with Gasteiger partial charge in [-0.25, -0.2) is 0 Å². The summed E-state index contributed by atoms with van der Waals surface area (Å²) >= 11 is 0. The topological polar surface area (TPSA) is 74.4 Å². The van der Waals surface area contributed by atoms with E-state index < -0.39 is 0 Å². The molecule has 0 aromatic carbocycles. The van der Waals surface area contributed by atoms with Crippen LogP contribution >= 0.6 is 0 Å². The minimum absolute atomic E-state index is 0.0238. The minimum Gasteiger partial charge on any atom is -0.374 e. The Kier molecular flexibility index (Phi) is 5.52. The number of nitrogens with one attached hydrogen (secondary N) is 2. The van der Waals surface area contributed by atoms with Crippen molar-refractivity contribution in [2.24, 2.45) is 5.92 Å². The number of rotatable bonds is 5. The lowest BCUT2D eigenvalue weighted by Crippen LogP contribution is -2.48. The van der Waals surface area contributed by atoms with E-state index in [9.17, 15) is 9.59 Å². The van der Waals surface area contributed by atoms with Crippen LogP contribution in [-0.4, -0.2) is 54.7 Å². The van der Waals surface area contributed by atoms with Gasteiger partial charge in [0.05, 0.1) is 12.7 Å². The van der Waals surface area contributed by atoms with E-state index in [4.69, 9.17) is 4.74 Å². The number of amides is 1. The number of carbonyl (C=O) groups is 1. The predicted molar refractivity (Wildman–Crippen MR) is 80.4 cm³/mol. The number of hydrogen-bond acceptors (Lipinski definition) is 4. The first-order valence-corrected chi connectivity index (χ1v) is 7.36. The van der Waals surface area contributed by atoms with Gasteiger partial charge in [-0.05, 0) is 18.1 Å². The van der Waals surface area contributed by atoms with Crippen LogP contribution < -0.4 is 10.9 Å². The molecule has 0 bridgehead atoms. The third kappa shape index (κ3) is 4.68. The van der Waals surface area contributed by atoms with Crippen LogP contribution in [0.2, 0.25) is 0 Å². The van der Waals surface area contributed by atoms with Crippen molar-refractivity contribution in [2.75, 3.05) is 32.8 Å². The molecule has 1 amide bonds. The fraction of sp³-hybridized carbons (Fsp3) is 0.600. The van der Waals surface area contributed by atoms with Crippen LogP contribution in [0.3, 0.4) is 0 Å². The highest BCUT2D eigenvalue weighted by Gasteiger charge is 2.21. The van der Waals surface area contributed by atoms with Crippen molar-refractivity contribution in [3.05, 3.63) is 34.2 Å². The summed E-state index contributed by atoms with van der Waals surface area (Å²) in [5, 5.41) is 2.77. The number of morpholine rings is 1. The Morgan fingerprint density at radius 3 is 3.10 bits per heavy atom. The number of hydrogen-bond donors (Lipinski definition) is 2. The second kappa shape index (κ2) is 7.38. The molecule has 0 spiro atoms. The maximum absolute atomic E-state index is 12.0. The smallest absolute Gasteiger partial charge is 0.260 e. The normalized spacial score (nSPS) is 19.7. The summed E-state index contributed by atoms with van der Waals surface area (Å²) in [4.78, 5) is 28.3. The number of H-pyrrole nitrogens is 1. The highest BCUT2D eigenvalue weighted by Crippen LogP contribution is 2.07. The predicted octanol–water partition coefficient (Wildman–Crippen LogP) is 0.461. The highest BCUT2D eigenvalue weighted by atomic mass is 16.5. The Morgan fingerprint density at radius 2 is 2.38 bits per heavy atom. The molecule has 1 fully saturated rings. The SMILES string of the molecule is CC(C)CN1CCOC(CNC(=O)c2ccc[nH]c2=O)C1. The average molecular weight is 293 g/mol. The number of aromatic nitrogens is 1. The van der Waals surface area contributed by atoms with Gasteiger partial charge >= 0.3 is 0 Å². The molecule has 1 aliphatic rings. The molecule has 2 heterocycles. The summed E-state index contributed by atoms with van der Waals surface area (Å²) in [7, 11) is 0. The van der Waals surface area contributed by atoms with Crippen molar-refractivity contribution in [3.63, 3.8) is 0 Å². The molecule has 6 heteroatoms. The van der Waals surface area contributed by atoms with Gasteiger partial charge in [0.15, 0.2) is 0 Å². The largest absolute Gasteiger partial charge is 0.374 e. The van der Waals surface area contributed by atoms with Crippen LogP contribution in [0.25, 0.3) is 0 Å². The first kappa shape index (κ1) is 15.7. The van der Waals surface area contributed by atoms with E-state index in [0.717, 1.165) is 19.6 Å². The molecule has 116 valence electrons. The first-order valence-electron chi connectivity index (χ1n) is 7.36. The Balaban J connectivity index is 1.84. The molecule has 0 saturated carbocycles. The van der Waals surface area contributed by atoms with Gasteiger partial charge < -0.3 is 15.0 Å². The average Bonchev–Trinajstić information content (AvgIpc) is 2.45. The number of nitrogens with zero attached hydrogens (tertiary/aromatic N) is 1. The zero-order chi connectivity index (χ0) is 15.2. The molecule has 21 heavy (non-hydrogen) atoms. The molecule has 2 N–H and O–H groups in total. The lowest BCUT2D eigenvalue weighted by atomic mass is 10.1. The molecule has 6 nitrogen and oxygen atoms in total. The van der Waals surface area contributed by atoms with E-state index in [2.05, 4.69) is 29.0 Å². The zero-order valence-electron chi connectivity index (χ0n) is 12.6. The molecule has 2 rings (SSSR count). The van der Waals surface area contributed by atoms with Gasteiger partial charge in [-0.1, -0.05) is 13.8 Å². The molecular weight excluding hydrogens is 270 g/mol. The summed E-state index contributed by atoms with van der Waals surface area (Å²) in [6.07, 6.45) is 1.48. The fourth-order valence-corrected chi connectivity index (χ4v) is 2.49. The van der Waals surface area contributed by atoms with Gasteiger partial charge in [0.2, 0.25) is 0 Å². The standard InChI is InChI=1S/C15H23N3O3/c1-11(2)9-18-6-7-21-12(10-18)8-17-15(20)13-4-3-5-16-14(13)19/h3-5,11-12H,6-10H2,1-2H3,(H,16,19)(H,17,20). The van der Waals surface area contributed by atoms with Crippen LogP contribution in [0.1, 0.15) is 24.2 Å². The van der Waals surface area contributed by atoms with Crippen molar-refractivity contribution in [1.82, 2.24) is 15.2 Å². The molecule has 0 radical (unpaired) electrons. The number of aromatic amines is 1. The van der Waals surface area contributed by atoms with Crippen LogP contribution in [0.5, 0.6) is 0 Å². The van der Waals surface area contributed by atoms with Gasteiger partial charge in [0.25, 0.3) is 11.5 Å². The molecule has 1 atom stereocenters. The molecule has 1 unspecified atom stereocenters. The van der Waals surface area contributed by atoms with E-state index in [0.29, 0.717) is 19.1 Å². The molecule has 1 saturated heterocycles. The third-order valence-corrected chi connectivity index (χ3v) is 3.40.